The number of pyridine rings is 1. The Morgan fingerprint density at radius 2 is 1.92 bits per heavy atom. The van der Waals surface area contributed by atoms with Gasteiger partial charge in [0.2, 0.25) is 0 Å². The molecule has 0 saturated heterocycles. The Hall–Kier alpha value is -3.08. The third-order valence-corrected chi connectivity index (χ3v) is 4.64. The van der Waals surface area contributed by atoms with Crippen molar-refractivity contribution in [1.29, 1.82) is 0 Å². The highest BCUT2D eigenvalue weighted by atomic mass is 16.5. The van der Waals surface area contributed by atoms with Gasteiger partial charge in [-0.3, -0.25) is 9.78 Å². The molecule has 25 heavy (non-hydrogen) atoms. The predicted molar refractivity (Wildman–Crippen MR) is 96.9 cm³/mol. The van der Waals surface area contributed by atoms with Crippen molar-refractivity contribution in [2.75, 3.05) is 12.8 Å². The number of anilines is 1. The molecule has 1 fully saturated rings. The number of benzene rings is 2. The molecule has 1 aliphatic carbocycles. The maximum atomic E-state index is 12.4. The van der Waals surface area contributed by atoms with Gasteiger partial charge in [0.25, 0.3) is 0 Å². The van der Waals surface area contributed by atoms with Gasteiger partial charge in [0, 0.05) is 17.5 Å². The molecule has 5 heteroatoms. The van der Waals surface area contributed by atoms with Crippen molar-refractivity contribution in [3.63, 3.8) is 0 Å². The highest BCUT2D eigenvalue weighted by molar-refractivity contribution is 6.09. The van der Waals surface area contributed by atoms with Crippen molar-refractivity contribution in [3.05, 3.63) is 48.2 Å². The Morgan fingerprint density at radius 1 is 1.20 bits per heavy atom. The fourth-order valence-electron chi connectivity index (χ4n) is 3.01. The third kappa shape index (κ3) is 2.67. The lowest BCUT2D eigenvalue weighted by molar-refractivity contribution is 0.0968. The van der Waals surface area contributed by atoms with Gasteiger partial charge in [-0.15, -0.1) is 0 Å². The number of phenolic OH excluding ortho intramolecular Hbond substituents is 1. The van der Waals surface area contributed by atoms with Crippen LogP contribution in [-0.4, -0.2) is 23.0 Å². The number of hydrogen-bond donors (Lipinski definition) is 2. The maximum Gasteiger partial charge on any atom is 0.169 e. The summed E-state index contributed by atoms with van der Waals surface area (Å²) >= 11 is 0. The fourth-order valence-corrected chi connectivity index (χ4v) is 3.01. The first-order chi connectivity index (χ1) is 12.1. The van der Waals surface area contributed by atoms with Crippen molar-refractivity contribution in [2.24, 2.45) is 5.92 Å². The van der Waals surface area contributed by atoms with Crippen LogP contribution in [0.5, 0.6) is 11.5 Å². The van der Waals surface area contributed by atoms with Crippen molar-refractivity contribution in [1.82, 2.24) is 4.98 Å². The molecule has 0 atom stereocenters. The molecule has 1 aliphatic rings. The van der Waals surface area contributed by atoms with Crippen LogP contribution >= 0.6 is 0 Å². The second-order valence-electron chi connectivity index (χ2n) is 6.34. The van der Waals surface area contributed by atoms with E-state index in [1.807, 2.05) is 24.3 Å². The number of methoxy groups -OCH3 is 1. The lowest BCUT2D eigenvalue weighted by Crippen LogP contribution is -2.07. The van der Waals surface area contributed by atoms with Gasteiger partial charge in [-0.05, 0) is 48.2 Å². The van der Waals surface area contributed by atoms with E-state index in [0.29, 0.717) is 17.0 Å². The first-order valence-electron chi connectivity index (χ1n) is 8.18. The van der Waals surface area contributed by atoms with Crippen molar-refractivity contribution >= 4 is 22.4 Å². The van der Waals surface area contributed by atoms with Crippen molar-refractivity contribution in [3.8, 4) is 22.6 Å². The predicted octanol–water partition coefficient (Wildman–Crippen LogP) is 3.79. The van der Waals surface area contributed by atoms with Crippen LogP contribution < -0.4 is 10.5 Å². The molecule has 0 aliphatic heterocycles. The summed E-state index contributed by atoms with van der Waals surface area (Å²) in [5.41, 5.74) is 9.82. The van der Waals surface area contributed by atoms with E-state index in [2.05, 4.69) is 4.98 Å². The molecule has 0 radical (unpaired) electrons. The number of hydrogen-bond acceptors (Lipinski definition) is 5. The van der Waals surface area contributed by atoms with Crippen LogP contribution in [0, 0.1) is 5.92 Å². The van der Waals surface area contributed by atoms with Gasteiger partial charge in [0.15, 0.2) is 17.3 Å². The molecule has 1 aromatic heterocycles. The minimum Gasteiger partial charge on any atom is -0.504 e. The van der Waals surface area contributed by atoms with Gasteiger partial charge in [-0.25, -0.2) is 0 Å². The highest BCUT2D eigenvalue weighted by Gasteiger charge is 2.32. The first kappa shape index (κ1) is 15.4. The zero-order valence-electron chi connectivity index (χ0n) is 13.8. The Bertz CT molecular complexity index is 994. The van der Waals surface area contributed by atoms with Crippen LogP contribution in [-0.2, 0) is 0 Å². The summed E-state index contributed by atoms with van der Waals surface area (Å²) in [6.45, 7) is 0. The third-order valence-electron chi connectivity index (χ3n) is 4.64. The SMILES string of the molecule is COc1cc(-c2ccc3ncc(C(=O)C4CC4)c(N)c3c2)ccc1O. The number of Topliss-reactive ketones (excluding diaryl/α,β-unsaturated/α-hetero) is 1. The normalized spacial score (nSPS) is 13.8. The second-order valence-corrected chi connectivity index (χ2v) is 6.34. The first-order valence-corrected chi connectivity index (χ1v) is 8.18. The number of aromatic hydroxyl groups is 1. The average molecular weight is 334 g/mol. The minimum atomic E-state index is 0.0867. The molecule has 3 aromatic rings. The monoisotopic (exact) mass is 334 g/mol. The van der Waals surface area contributed by atoms with Gasteiger partial charge < -0.3 is 15.6 Å². The van der Waals surface area contributed by atoms with Crippen LogP contribution in [0.15, 0.2) is 42.6 Å². The van der Waals surface area contributed by atoms with Gasteiger partial charge in [-0.1, -0.05) is 12.1 Å². The van der Waals surface area contributed by atoms with E-state index >= 15 is 0 Å². The zero-order chi connectivity index (χ0) is 17.6. The quantitative estimate of drug-likeness (QED) is 0.709. The molecule has 1 heterocycles. The minimum absolute atomic E-state index is 0.0867. The number of ketones is 1. The Morgan fingerprint density at radius 3 is 2.64 bits per heavy atom. The number of nitrogen functional groups attached to an aromatic ring is 1. The molecule has 1 saturated carbocycles. The van der Waals surface area contributed by atoms with E-state index < -0.39 is 0 Å². The van der Waals surface area contributed by atoms with Crippen LogP contribution in [0.3, 0.4) is 0 Å². The fraction of sp³-hybridized carbons (Fsp3) is 0.200. The number of phenols is 1. The van der Waals surface area contributed by atoms with Gasteiger partial charge in [0.1, 0.15) is 0 Å². The maximum absolute atomic E-state index is 12.4. The van der Waals surface area contributed by atoms with Crippen LogP contribution in [0.25, 0.3) is 22.0 Å². The summed E-state index contributed by atoms with van der Waals surface area (Å²) in [4.78, 5) is 16.8. The number of ether oxygens (including phenoxy) is 1. The van der Waals surface area contributed by atoms with E-state index in [9.17, 15) is 9.90 Å². The molecule has 0 spiro atoms. The molecule has 0 bridgehead atoms. The average Bonchev–Trinajstić information content (AvgIpc) is 3.47. The van der Waals surface area contributed by atoms with Crippen LogP contribution in [0.2, 0.25) is 0 Å². The van der Waals surface area contributed by atoms with E-state index in [4.69, 9.17) is 10.5 Å². The number of nitrogens with zero attached hydrogens (tertiary/aromatic N) is 1. The van der Waals surface area contributed by atoms with Gasteiger partial charge in [-0.2, -0.15) is 0 Å². The smallest absolute Gasteiger partial charge is 0.169 e. The topological polar surface area (TPSA) is 85.4 Å². The molecule has 4 rings (SSSR count). The van der Waals surface area contributed by atoms with E-state index in [-0.39, 0.29) is 17.5 Å². The van der Waals surface area contributed by atoms with E-state index in [1.165, 1.54) is 7.11 Å². The molecule has 0 amide bonds. The molecule has 2 aromatic carbocycles. The number of rotatable bonds is 4. The molecule has 5 nitrogen and oxygen atoms in total. The van der Waals surface area contributed by atoms with Crippen LogP contribution in [0.1, 0.15) is 23.2 Å². The Kier molecular flexibility index (Phi) is 3.57. The molecule has 0 unspecified atom stereocenters. The Labute approximate surface area is 145 Å². The summed E-state index contributed by atoms with van der Waals surface area (Å²) in [5, 5.41) is 10.5. The summed E-state index contributed by atoms with van der Waals surface area (Å²) in [6.07, 6.45) is 3.45. The van der Waals surface area contributed by atoms with Crippen LogP contribution in [0.4, 0.5) is 5.69 Å². The number of carbonyl (C=O) groups excluding carboxylic acids is 1. The molecule has 126 valence electrons. The van der Waals surface area contributed by atoms with Gasteiger partial charge in [0.05, 0.1) is 23.9 Å². The summed E-state index contributed by atoms with van der Waals surface area (Å²) in [7, 11) is 1.51. The lowest BCUT2D eigenvalue weighted by Gasteiger charge is -2.10. The Balaban J connectivity index is 1.83. The summed E-state index contributed by atoms with van der Waals surface area (Å²) < 4.78 is 5.17. The zero-order valence-corrected chi connectivity index (χ0v) is 13.8. The lowest BCUT2D eigenvalue weighted by atomic mass is 9.99. The highest BCUT2D eigenvalue weighted by Crippen LogP contribution is 2.37. The van der Waals surface area contributed by atoms with E-state index in [1.54, 1.807) is 18.3 Å². The van der Waals surface area contributed by atoms with E-state index in [0.717, 1.165) is 34.9 Å². The number of fused-ring (bicyclic) bond motifs is 1. The molecule has 3 N–H and O–H groups in total. The number of nitrogens with two attached hydrogens (primary N) is 1. The van der Waals surface area contributed by atoms with Crippen molar-refractivity contribution in [2.45, 2.75) is 12.8 Å². The van der Waals surface area contributed by atoms with Crippen molar-refractivity contribution < 1.29 is 14.6 Å². The molecular weight excluding hydrogens is 316 g/mol. The summed E-state index contributed by atoms with van der Waals surface area (Å²) in [6, 6.07) is 10.9. The number of carbonyl (C=O) groups is 1. The number of aromatic nitrogens is 1. The molecular formula is C20H18N2O3. The standard InChI is InChI=1S/C20H18N2O3/c1-25-18-9-13(5-7-17(18)23)12-4-6-16-14(8-12)19(21)15(10-22-16)20(24)11-2-3-11/h4-11,23H,2-3H2,1H3,(H2,21,22). The largest absolute Gasteiger partial charge is 0.504 e. The second kappa shape index (κ2) is 5.77. The van der Waals surface area contributed by atoms with Gasteiger partial charge >= 0.3 is 0 Å². The summed E-state index contributed by atoms with van der Waals surface area (Å²) in [5.74, 6) is 0.682.